The molecule has 20 heavy (non-hydrogen) atoms. The van der Waals surface area contributed by atoms with Crippen LogP contribution < -0.4 is 5.73 Å². The number of carbonyl (C=O) groups is 2. The van der Waals surface area contributed by atoms with Gasteiger partial charge in [0.25, 0.3) is 5.91 Å². The van der Waals surface area contributed by atoms with Gasteiger partial charge >= 0.3 is 0 Å². The summed E-state index contributed by atoms with van der Waals surface area (Å²) in [5.41, 5.74) is 6.29. The Morgan fingerprint density at radius 2 is 2.10 bits per heavy atom. The number of nitrogens with zero attached hydrogens (tertiary/aromatic N) is 1. The third-order valence-electron chi connectivity index (χ3n) is 3.54. The van der Waals surface area contributed by atoms with Gasteiger partial charge in [0.1, 0.15) is 12.1 Å². The molecule has 2 atom stereocenters. The molecule has 1 aliphatic heterocycles. The largest absolute Gasteiger partial charge is 0.383 e. The predicted molar refractivity (Wildman–Crippen MR) is 74.4 cm³/mol. The van der Waals surface area contributed by atoms with Crippen molar-refractivity contribution in [2.45, 2.75) is 31.4 Å². The lowest BCUT2D eigenvalue weighted by molar-refractivity contribution is -0.143. The molecule has 3 N–H and O–H groups in total. The van der Waals surface area contributed by atoms with E-state index in [1.807, 2.05) is 30.3 Å². The average Bonchev–Trinajstić information content (AvgIpc) is 2.94. The lowest BCUT2D eigenvalue weighted by Gasteiger charge is -2.24. The monoisotopic (exact) mass is 275 g/mol. The summed E-state index contributed by atoms with van der Waals surface area (Å²) in [6.07, 6.45) is 2.17. The lowest BCUT2D eigenvalue weighted by atomic mass is 10.1. The minimum Gasteiger partial charge on any atom is -0.383 e. The first-order valence-corrected chi connectivity index (χ1v) is 6.74. The van der Waals surface area contributed by atoms with Gasteiger partial charge in [-0.05, 0) is 24.8 Å². The minimum atomic E-state index is -1.20. The molecule has 1 aliphatic rings. The third kappa shape index (κ3) is 3.36. The highest BCUT2D eigenvalue weighted by Crippen LogP contribution is 2.19. The van der Waals surface area contributed by atoms with E-state index in [9.17, 15) is 14.7 Å². The fraction of sp³-hybridized carbons (Fsp3) is 0.400. The number of aliphatic hydroxyl groups excluding tert-OH is 1. The Bertz CT molecular complexity index is 475. The van der Waals surface area contributed by atoms with Crippen LogP contribution in [-0.4, -0.2) is 40.5 Å². The van der Waals surface area contributed by atoms with E-state index in [1.165, 1.54) is 4.90 Å². The Morgan fingerprint density at radius 1 is 1.40 bits per heavy atom. The van der Waals surface area contributed by atoms with Crippen LogP contribution in [-0.2, 0) is 16.0 Å². The maximum Gasteiger partial charge on any atom is 0.252 e. The summed E-state index contributed by atoms with van der Waals surface area (Å²) in [7, 11) is 0. The normalized spacial score (nSPS) is 19.9. The van der Waals surface area contributed by atoms with Gasteiger partial charge in [-0.1, -0.05) is 30.3 Å². The van der Waals surface area contributed by atoms with Crippen LogP contribution in [0.4, 0.5) is 0 Å². The smallest absolute Gasteiger partial charge is 0.252 e. The Labute approximate surface area is 118 Å². The number of hydrogen-bond donors (Lipinski definition) is 2. The summed E-state index contributed by atoms with van der Waals surface area (Å²) in [5.74, 6) is -0.951. The Kier molecular flexibility index (Phi) is 4.74. The third-order valence-corrected chi connectivity index (χ3v) is 3.54. The number of rotatable bonds is 5. The van der Waals surface area contributed by atoms with Crippen LogP contribution >= 0.6 is 0 Å². The molecule has 0 bridgehead atoms. The molecule has 1 aromatic rings. The maximum absolute atomic E-state index is 12.1. The van der Waals surface area contributed by atoms with Crippen molar-refractivity contribution in [3.8, 4) is 0 Å². The van der Waals surface area contributed by atoms with Crippen molar-refractivity contribution in [3.63, 3.8) is 0 Å². The summed E-state index contributed by atoms with van der Waals surface area (Å²) in [5, 5.41) is 9.94. The quantitative estimate of drug-likeness (QED) is 0.809. The fourth-order valence-electron chi connectivity index (χ4n) is 2.46. The summed E-state index contributed by atoms with van der Waals surface area (Å²) in [6, 6.07) is 8.99. The van der Waals surface area contributed by atoms with Gasteiger partial charge in [0.15, 0.2) is 0 Å². The summed E-state index contributed by atoms with van der Waals surface area (Å²) < 4.78 is 0. The molecule has 1 aromatic carbocycles. The second kappa shape index (κ2) is 6.52. The van der Waals surface area contributed by atoms with E-state index in [1.54, 1.807) is 6.42 Å². The van der Waals surface area contributed by atoms with Crippen molar-refractivity contribution < 1.29 is 14.7 Å². The number of hydrogen-bond acceptors (Lipinski definition) is 3. The molecule has 5 heteroatoms. The molecule has 5 nitrogen and oxygen atoms in total. The summed E-state index contributed by atoms with van der Waals surface area (Å²) >= 11 is 0. The van der Waals surface area contributed by atoms with Gasteiger partial charge in [-0.2, -0.15) is 0 Å². The van der Waals surface area contributed by atoms with Gasteiger partial charge < -0.3 is 15.7 Å². The number of primary amides is 1. The van der Waals surface area contributed by atoms with Gasteiger partial charge in [-0.15, -0.1) is 0 Å². The Hall–Kier alpha value is -1.88. The topological polar surface area (TPSA) is 83.6 Å². The van der Waals surface area contributed by atoms with E-state index >= 15 is 0 Å². The standard InChI is InChI=1S/C15H19N2O3/c16-14(19)12-7-4-10-17(12)15(20)13(18)9-8-11-5-2-1-3-6-11/h1-3,5-6,9,12-13,18H,4,7-8,10H2,(H2,16,19)/t12?,13-/m1/s1. The van der Waals surface area contributed by atoms with Crippen molar-refractivity contribution in [3.05, 3.63) is 42.3 Å². The zero-order chi connectivity index (χ0) is 14.5. The Morgan fingerprint density at radius 3 is 2.75 bits per heavy atom. The van der Waals surface area contributed by atoms with Crippen LogP contribution in [0, 0.1) is 6.42 Å². The van der Waals surface area contributed by atoms with Crippen LogP contribution in [0.3, 0.4) is 0 Å². The Balaban J connectivity index is 1.90. The highest BCUT2D eigenvalue weighted by atomic mass is 16.3. The number of benzene rings is 1. The molecule has 1 unspecified atom stereocenters. The highest BCUT2D eigenvalue weighted by molar-refractivity contribution is 5.89. The molecule has 1 radical (unpaired) electrons. The summed E-state index contributed by atoms with van der Waals surface area (Å²) in [4.78, 5) is 24.8. The van der Waals surface area contributed by atoms with Crippen molar-refractivity contribution >= 4 is 11.8 Å². The van der Waals surface area contributed by atoms with E-state index in [0.717, 1.165) is 12.0 Å². The van der Waals surface area contributed by atoms with Crippen molar-refractivity contribution in [1.82, 2.24) is 4.90 Å². The first kappa shape index (κ1) is 14.5. The van der Waals surface area contributed by atoms with E-state index in [2.05, 4.69) is 0 Å². The van der Waals surface area contributed by atoms with Crippen LogP contribution in [0.2, 0.25) is 0 Å². The zero-order valence-corrected chi connectivity index (χ0v) is 11.2. The molecule has 0 aliphatic carbocycles. The van der Waals surface area contributed by atoms with Gasteiger partial charge in [0, 0.05) is 13.0 Å². The molecule has 2 amide bonds. The SMILES string of the molecule is NC(=O)C1CCCN1C(=O)[C@H](O)[CH]Cc1ccccc1. The van der Waals surface area contributed by atoms with Crippen LogP contribution in [0.25, 0.3) is 0 Å². The number of amides is 2. The van der Waals surface area contributed by atoms with Gasteiger partial charge in [-0.25, -0.2) is 0 Å². The lowest BCUT2D eigenvalue weighted by Crippen LogP contribution is -2.47. The van der Waals surface area contributed by atoms with Gasteiger partial charge in [0.2, 0.25) is 5.91 Å². The van der Waals surface area contributed by atoms with Gasteiger partial charge in [0.05, 0.1) is 0 Å². The van der Waals surface area contributed by atoms with Crippen LogP contribution in [0.1, 0.15) is 18.4 Å². The maximum atomic E-state index is 12.1. The minimum absolute atomic E-state index is 0.442. The predicted octanol–water partition coefficient (Wildman–Crippen LogP) is 0.271. The molecule has 1 heterocycles. The van der Waals surface area contributed by atoms with Crippen molar-refractivity contribution in [2.24, 2.45) is 5.73 Å². The first-order chi connectivity index (χ1) is 9.59. The molecule has 1 saturated heterocycles. The molecule has 107 valence electrons. The first-order valence-electron chi connectivity index (χ1n) is 6.74. The fourth-order valence-corrected chi connectivity index (χ4v) is 2.46. The molecular formula is C15H19N2O3. The summed E-state index contributed by atoms with van der Waals surface area (Å²) in [6.45, 7) is 0.475. The molecule has 0 saturated carbocycles. The van der Waals surface area contributed by atoms with E-state index < -0.39 is 24.0 Å². The van der Waals surface area contributed by atoms with Crippen molar-refractivity contribution in [1.29, 1.82) is 0 Å². The van der Waals surface area contributed by atoms with Gasteiger partial charge in [-0.3, -0.25) is 9.59 Å². The van der Waals surface area contributed by atoms with Crippen LogP contribution in [0.15, 0.2) is 30.3 Å². The van der Waals surface area contributed by atoms with E-state index in [4.69, 9.17) is 5.73 Å². The van der Waals surface area contributed by atoms with Crippen molar-refractivity contribution in [2.75, 3.05) is 6.54 Å². The molecule has 0 aromatic heterocycles. The second-order valence-electron chi connectivity index (χ2n) is 4.96. The van der Waals surface area contributed by atoms with E-state index in [0.29, 0.717) is 19.4 Å². The molecule has 2 rings (SSSR count). The number of carbonyl (C=O) groups excluding carboxylic acids is 2. The highest BCUT2D eigenvalue weighted by Gasteiger charge is 2.35. The number of nitrogens with two attached hydrogens (primary N) is 1. The average molecular weight is 275 g/mol. The molecule has 0 spiro atoms. The molecular weight excluding hydrogens is 256 g/mol. The van der Waals surface area contributed by atoms with Crippen LogP contribution in [0.5, 0.6) is 0 Å². The van der Waals surface area contributed by atoms with E-state index in [-0.39, 0.29) is 0 Å². The zero-order valence-electron chi connectivity index (χ0n) is 11.2. The number of aliphatic hydroxyl groups is 1. The second-order valence-corrected chi connectivity index (χ2v) is 4.96. The number of likely N-dealkylation sites (tertiary alicyclic amines) is 1. The molecule has 1 fully saturated rings.